The van der Waals surface area contributed by atoms with Crippen molar-refractivity contribution in [1.29, 1.82) is 0 Å². The molecule has 0 saturated heterocycles. The summed E-state index contributed by atoms with van der Waals surface area (Å²) >= 11 is 0. The van der Waals surface area contributed by atoms with E-state index in [2.05, 4.69) is 4.98 Å². The summed E-state index contributed by atoms with van der Waals surface area (Å²) in [4.78, 5) is 23.9. The fourth-order valence-electron chi connectivity index (χ4n) is 6.62. The zero-order valence-corrected chi connectivity index (χ0v) is 24.1. The van der Waals surface area contributed by atoms with Gasteiger partial charge in [-0.1, -0.05) is 72.8 Å². The van der Waals surface area contributed by atoms with Gasteiger partial charge in [0.25, 0.3) is 0 Å². The van der Waals surface area contributed by atoms with Crippen LogP contribution in [0.1, 0.15) is 0 Å². The third kappa shape index (κ3) is 3.56. The van der Waals surface area contributed by atoms with Gasteiger partial charge in [0.1, 0.15) is 33.5 Å². The Hall–Kier alpha value is -6.47. The molecule has 10 aromatic rings. The van der Waals surface area contributed by atoms with Crippen LogP contribution in [0.25, 0.3) is 94.3 Å². The van der Waals surface area contributed by atoms with E-state index in [0.717, 1.165) is 49.1 Å². The molecule has 0 aliphatic rings. The summed E-state index contributed by atoms with van der Waals surface area (Å²) in [5.41, 5.74) is 5.95. The van der Waals surface area contributed by atoms with Gasteiger partial charge in [-0.3, -0.25) is 0 Å². The van der Waals surface area contributed by atoms with E-state index in [0.29, 0.717) is 45.2 Å². The summed E-state index contributed by atoms with van der Waals surface area (Å²) < 4.78 is 20.1. The van der Waals surface area contributed by atoms with Gasteiger partial charge in [-0.25, -0.2) is 14.3 Å². The molecule has 10 rings (SSSR count). The molecule has 0 amide bonds. The van der Waals surface area contributed by atoms with Gasteiger partial charge in [-0.15, -0.1) is 0 Å². The van der Waals surface area contributed by atoms with Gasteiger partial charge in [0.15, 0.2) is 11.6 Å². The maximum Gasteiger partial charge on any atom is 0.355 e. The van der Waals surface area contributed by atoms with Crippen molar-refractivity contribution < 1.29 is 13.3 Å². The third-order valence-corrected chi connectivity index (χ3v) is 8.71. The average Bonchev–Trinajstić information content (AvgIpc) is 3.78. The molecule has 216 valence electrons. The Balaban J connectivity index is 1.26. The Morgan fingerprint density at radius 3 is 1.67 bits per heavy atom. The number of furan rings is 3. The lowest BCUT2D eigenvalue weighted by Crippen LogP contribution is -2.25. The van der Waals surface area contributed by atoms with Crippen LogP contribution in [0.3, 0.4) is 0 Å². The Labute approximate surface area is 259 Å². The molecule has 0 bridgehead atoms. The molecule has 0 atom stereocenters. The second-order valence-electron chi connectivity index (χ2n) is 11.4. The number of para-hydroxylation sites is 3. The highest BCUT2D eigenvalue weighted by molar-refractivity contribution is 6.10. The highest BCUT2D eigenvalue weighted by Gasteiger charge is 2.21. The molecule has 7 nitrogen and oxygen atoms in total. The van der Waals surface area contributed by atoms with Crippen LogP contribution in [0.5, 0.6) is 0 Å². The Morgan fingerprint density at radius 2 is 0.978 bits per heavy atom. The van der Waals surface area contributed by atoms with Gasteiger partial charge in [0.05, 0.1) is 11.1 Å². The summed E-state index contributed by atoms with van der Waals surface area (Å²) in [6.45, 7) is 0. The molecular weight excluding hydrogens is 574 g/mol. The fraction of sp³-hybridized carbons (Fsp3) is 0. The SMILES string of the molecule is O=c1nc(-c2ccc3c(c2)oc2ccccc23)nc(-c2ccc3c(c2)oc2ccccc23)n1-c1cccc2oc3ccccc3c12. The van der Waals surface area contributed by atoms with Crippen LogP contribution in [0, 0.1) is 0 Å². The zero-order chi connectivity index (χ0) is 30.4. The number of benzene rings is 6. The predicted octanol–water partition coefficient (Wildman–Crippen LogP) is 9.66. The van der Waals surface area contributed by atoms with E-state index < -0.39 is 5.69 Å². The Morgan fingerprint density at radius 1 is 0.457 bits per heavy atom. The molecule has 7 heteroatoms. The number of aromatic nitrogens is 3. The van der Waals surface area contributed by atoms with Gasteiger partial charge in [0.2, 0.25) is 0 Å². The molecular formula is C39H21N3O4. The zero-order valence-electron chi connectivity index (χ0n) is 24.1. The Bertz CT molecular complexity index is 2910. The van der Waals surface area contributed by atoms with Crippen molar-refractivity contribution in [3.8, 4) is 28.5 Å². The molecule has 0 saturated carbocycles. The van der Waals surface area contributed by atoms with Gasteiger partial charge < -0.3 is 13.3 Å². The topological polar surface area (TPSA) is 87.2 Å². The maximum atomic E-state index is 14.3. The van der Waals surface area contributed by atoms with Gasteiger partial charge in [-0.05, 0) is 54.6 Å². The van der Waals surface area contributed by atoms with Crippen molar-refractivity contribution in [1.82, 2.24) is 14.5 Å². The molecule has 4 heterocycles. The fourth-order valence-corrected chi connectivity index (χ4v) is 6.62. The molecule has 46 heavy (non-hydrogen) atoms. The number of hydrogen-bond donors (Lipinski definition) is 0. The minimum absolute atomic E-state index is 0.299. The lowest BCUT2D eigenvalue weighted by Gasteiger charge is -2.14. The summed E-state index contributed by atoms with van der Waals surface area (Å²) in [5.74, 6) is 0.729. The van der Waals surface area contributed by atoms with Crippen LogP contribution in [0.2, 0.25) is 0 Å². The minimum Gasteiger partial charge on any atom is -0.456 e. The predicted molar refractivity (Wildman–Crippen MR) is 180 cm³/mol. The summed E-state index contributed by atoms with van der Waals surface area (Å²) in [7, 11) is 0. The van der Waals surface area contributed by atoms with Crippen molar-refractivity contribution in [2.45, 2.75) is 0 Å². The van der Waals surface area contributed by atoms with Crippen LogP contribution >= 0.6 is 0 Å². The first-order valence-electron chi connectivity index (χ1n) is 14.9. The number of hydrogen-bond acceptors (Lipinski definition) is 6. The summed E-state index contributed by atoms with van der Waals surface area (Å²) in [6.07, 6.45) is 0. The average molecular weight is 596 g/mol. The first-order valence-corrected chi connectivity index (χ1v) is 14.9. The number of nitrogens with zero attached hydrogens (tertiary/aromatic N) is 3. The number of rotatable bonds is 3. The maximum absolute atomic E-state index is 14.3. The molecule has 0 N–H and O–H groups in total. The molecule has 0 fully saturated rings. The van der Waals surface area contributed by atoms with Crippen molar-refractivity contribution in [2.24, 2.45) is 0 Å². The first-order chi connectivity index (χ1) is 22.7. The van der Waals surface area contributed by atoms with E-state index >= 15 is 0 Å². The van der Waals surface area contributed by atoms with Gasteiger partial charge in [0, 0.05) is 38.1 Å². The highest BCUT2D eigenvalue weighted by Crippen LogP contribution is 2.37. The standard InChI is InChI=1S/C39H21N3O4/c43-39-41-37(22-16-18-26-24-8-1-4-12-30(24)45-34(26)20-22)40-38(23-17-19-27-25-9-2-5-13-31(25)46-35(27)21-23)42(39)29-11-7-15-33-36(29)28-10-3-6-14-32(28)44-33/h1-21H. The van der Waals surface area contributed by atoms with E-state index in [1.165, 1.54) is 0 Å². The Kier molecular flexibility index (Phi) is 5.02. The highest BCUT2D eigenvalue weighted by atomic mass is 16.3. The first kappa shape index (κ1) is 24.9. The number of fused-ring (bicyclic) bond motifs is 9. The van der Waals surface area contributed by atoms with Crippen molar-refractivity contribution in [3.05, 3.63) is 138 Å². The second kappa shape index (κ2) is 9.27. The minimum atomic E-state index is -0.466. The van der Waals surface area contributed by atoms with Crippen LogP contribution in [-0.2, 0) is 0 Å². The quantitative estimate of drug-likeness (QED) is 0.202. The smallest absolute Gasteiger partial charge is 0.355 e. The van der Waals surface area contributed by atoms with Crippen molar-refractivity contribution in [2.75, 3.05) is 0 Å². The summed E-state index contributed by atoms with van der Waals surface area (Å²) in [5, 5.41) is 5.74. The van der Waals surface area contributed by atoms with E-state index in [4.69, 9.17) is 18.2 Å². The molecule has 0 spiro atoms. The molecule has 6 aromatic carbocycles. The monoisotopic (exact) mass is 595 g/mol. The largest absolute Gasteiger partial charge is 0.456 e. The van der Waals surface area contributed by atoms with Gasteiger partial charge >= 0.3 is 5.69 Å². The molecule has 0 aliphatic heterocycles. The molecule has 0 radical (unpaired) electrons. The normalized spacial score (nSPS) is 12.0. The van der Waals surface area contributed by atoms with E-state index in [1.54, 1.807) is 4.57 Å². The summed E-state index contributed by atoms with van der Waals surface area (Å²) in [6, 6.07) is 41.1. The van der Waals surface area contributed by atoms with E-state index in [-0.39, 0.29) is 0 Å². The van der Waals surface area contributed by atoms with Crippen LogP contribution in [-0.4, -0.2) is 14.5 Å². The lowest BCUT2D eigenvalue weighted by atomic mass is 10.1. The third-order valence-electron chi connectivity index (χ3n) is 8.71. The van der Waals surface area contributed by atoms with Crippen molar-refractivity contribution in [3.63, 3.8) is 0 Å². The van der Waals surface area contributed by atoms with Crippen LogP contribution in [0.15, 0.2) is 145 Å². The van der Waals surface area contributed by atoms with Crippen molar-refractivity contribution >= 4 is 65.8 Å². The van der Waals surface area contributed by atoms with Gasteiger partial charge in [-0.2, -0.15) is 4.98 Å². The molecule has 0 aliphatic carbocycles. The van der Waals surface area contributed by atoms with E-state index in [1.807, 2.05) is 127 Å². The lowest BCUT2D eigenvalue weighted by molar-refractivity contribution is 0.668. The molecule has 4 aromatic heterocycles. The van der Waals surface area contributed by atoms with E-state index in [9.17, 15) is 4.79 Å². The van der Waals surface area contributed by atoms with Crippen LogP contribution in [0.4, 0.5) is 0 Å². The second-order valence-corrected chi connectivity index (χ2v) is 11.4. The molecule has 0 unspecified atom stereocenters. The van der Waals surface area contributed by atoms with Crippen LogP contribution < -0.4 is 5.69 Å².